The van der Waals surface area contributed by atoms with Gasteiger partial charge >= 0.3 is 6.18 Å². The third-order valence-corrected chi connectivity index (χ3v) is 3.15. The lowest BCUT2D eigenvalue weighted by molar-refractivity contribution is -0.137. The van der Waals surface area contributed by atoms with Gasteiger partial charge in [-0.25, -0.2) is 0 Å². The van der Waals surface area contributed by atoms with Gasteiger partial charge in [0.05, 0.1) is 22.9 Å². The molecule has 0 aliphatic carbocycles. The highest BCUT2D eigenvalue weighted by molar-refractivity contribution is 5.97. The predicted molar refractivity (Wildman–Crippen MR) is 67.0 cm³/mol. The molecular weight excluding hydrogens is 257 g/mol. The average Bonchev–Trinajstić information content (AvgIpc) is 2.48. The summed E-state index contributed by atoms with van der Waals surface area (Å²) in [5.74, 6) is -0.445. The Morgan fingerprint density at radius 2 is 2.05 bits per heavy atom. The maximum absolute atomic E-state index is 12.6. The number of benzene rings is 1. The monoisotopic (exact) mass is 272 g/mol. The molecule has 3 nitrogen and oxygen atoms in total. The number of anilines is 2. The molecule has 1 aliphatic heterocycles. The standard InChI is InChI=1S/C13H15F3N2O/c1-2-3-8-7-17-10-5-4-9(13(14,15)16)6-11(10)18-12(8)19/h4-6,8,17H,2-3,7H2,1H3,(H,18,19). The van der Waals surface area contributed by atoms with E-state index in [1.807, 2.05) is 6.92 Å². The zero-order valence-electron chi connectivity index (χ0n) is 10.5. The molecule has 6 heteroatoms. The van der Waals surface area contributed by atoms with Gasteiger partial charge in [0.2, 0.25) is 5.91 Å². The van der Waals surface area contributed by atoms with Crippen LogP contribution in [-0.4, -0.2) is 12.5 Å². The highest BCUT2D eigenvalue weighted by Gasteiger charge is 2.32. The van der Waals surface area contributed by atoms with Crippen LogP contribution >= 0.6 is 0 Å². The molecule has 2 rings (SSSR count). The summed E-state index contributed by atoms with van der Waals surface area (Å²) in [6.07, 6.45) is -2.85. The van der Waals surface area contributed by atoms with Gasteiger partial charge in [-0.15, -0.1) is 0 Å². The third kappa shape index (κ3) is 3.00. The van der Waals surface area contributed by atoms with Crippen molar-refractivity contribution in [2.45, 2.75) is 25.9 Å². The second-order valence-corrected chi connectivity index (χ2v) is 4.61. The van der Waals surface area contributed by atoms with Crippen molar-refractivity contribution < 1.29 is 18.0 Å². The largest absolute Gasteiger partial charge is 0.416 e. The van der Waals surface area contributed by atoms with Gasteiger partial charge < -0.3 is 10.6 Å². The number of halogens is 3. The third-order valence-electron chi connectivity index (χ3n) is 3.15. The zero-order valence-corrected chi connectivity index (χ0v) is 10.5. The molecule has 0 spiro atoms. The number of rotatable bonds is 2. The molecule has 0 bridgehead atoms. The fourth-order valence-corrected chi connectivity index (χ4v) is 2.12. The van der Waals surface area contributed by atoms with E-state index >= 15 is 0 Å². The molecule has 1 amide bonds. The summed E-state index contributed by atoms with van der Waals surface area (Å²) in [4.78, 5) is 11.9. The molecule has 104 valence electrons. The van der Waals surface area contributed by atoms with Crippen molar-refractivity contribution in [3.05, 3.63) is 23.8 Å². The molecule has 0 aromatic heterocycles. The van der Waals surface area contributed by atoms with Gasteiger partial charge in [-0.3, -0.25) is 4.79 Å². The Labute approximate surface area is 109 Å². The Kier molecular flexibility index (Phi) is 3.68. The molecule has 2 N–H and O–H groups in total. The van der Waals surface area contributed by atoms with Crippen LogP contribution in [0.5, 0.6) is 0 Å². The lowest BCUT2D eigenvalue weighted by Gasteiger charge is -2.12. The molecule has 0 saturated carbocycles. The number of alkyl halides is 3. The van der Waals surface area contributed by atoms with E-state index < -0.39 is 11.7 Å². The first-order chi connectivity index (χ1) is 8.91. The van der Waals surface area contributed by atoms with Crippen LogP contribution in [0.2, 0.25) is 0 Å². The van der Waals surface area contributed by atoms with Crippen molar-refractivity contribution >= 4 is 17.3 Å². The van der Waals surface area contributed by atoms with E-state index in [2.05, 4.69) is 10.6 Å². The minimum atomic E-state index is -4.41. The highest BCUT2D eigenvalue weighted by atomic mass is 19.4. The Morgan fingerprint density at radius 3 is 2.68 bits per heavy atom. The van der Waals surface area contributed by atoms with Crippen molar-refractivity contribution in [3.8, 4) is 0 Å². The number of hydrogen-bond acceptors (Lipinski definition) is 2. The van der Waals surface area contributed by atoms with Crippen molar-refractivity contribution in [2.75, 3.05) is 17.2 Å². The molecule has 1 unspecified atom stereocenters. The Hall–Kier alpha value is -1.72. The zero-order chi connectivity index (χ0) is 14.0. The first-order valence-corrected chi connectivity index (χ1v) is 6.17. The summed E-state index contributed by atoms with van der Waals surface area (Å²) in [7, 11) is 0. The van der Waals surface area contributed by atoms with E-state index in [1.54, 1.807) is 0 Å². The number of fused-ring (bicyclic) bond motifs is 1. The molecule has 1 aromatic carbocycles. The molecule has 1 aliphatic rings. The number of amides is 1. The molecule has 1 heterocycles. The SMILES string of the molecule is CCCC1CNc2ccc(C(F)(F)F)cc2NC1=O. The maximum atomic E-state index is 12.6. The maximum Gasteiger partial charge on any atom is 0.416 e. The van der Waals surface area contributed by atoms with Crippen molar-refractivity contribution in [2.24, 2.45) is 5.92 Å². The number of carbonyl (C=O) groups is 1. The summed E-state index contributed by atoms with van der Waals surface area (Å²) in [6.45, 7) is 2.41. The molecular formula is C13H15F3N2O. The van der Waals surface area contributed by atoms with E-state index in [0.717, 1.165) is 18.6 Å². The first kappa shape index (κ1) is 13.7. The number of nitrogens with one attached hydrogen (secondary N) is 2. The van der Waals surface area contributed by atoms with E-state index in [0.29, 0.717) is 18.7 Å². The van der Waals surface area contributed by atoms with Gasteiger partial charge in [-0.2, -0.15) is 13.2 Å². The van der Waals surface area contributed by atoms with Gasteiger partial charge in [0.15, 0.2) is 0 Å². The second kappa shape index (κ2) is 5.11. The summed E-state index contributed by atoms with van der Waals surface area (Å²) < 4.78 is 37.9. The van der Waals surface area contributed by atoms with Gasteiger partial charge in [0.25, 0.3) is 0 Å². The van der Waals surface area contributed by atoms with Crippen LogP contribution < -0.4 is 10.6 Å². The van der Waals surface area contributed by atoms with Crippen LogP contribution in [0.4, 0.5) is 24.5 Å². The molecule has 1 atom stereocenters. The minimum absolute atomic E-state index is 0.193. The minimum Gasteiger partial charge on any atom is -0.383 e. The fraction of sp³-hybridized carbons (Fsp3) is 0.462. The van der Waals surface area contributed by atoms with Crippen LogP contribution in [0, 0.1) is 5.92 Å². The molecule has 0 saturated heterocycles. The molecule has 0 radical (unpaired) electrons. The van der Waals surface area contributed by atoms with Gasteiger partial charge in [0, 0.05) is 6.54 Å². The Bertz CT molecular complexity index is 485. The Morgan fingerprint density at radius 1 is 1.32 bits per heavy atom. The number of carbonyl (C=O) groups excluding carboxylic acids is 1. The topological polar surface area (TPSA) is 41.1 Å². The Balaban J connectivity index is 2.28. The van der Waals surface area contributed by atoms with Crippen LogP contribution in [0.25, 0.3) is 0 Å². The van der Waals surface area contributed by atoms with Gasteiger partial charge in [0.1, 0.15) is 0 Å². The van der Waals surface area contributed by atoms with Crippen molar-refractivity contribution in [1.29, 1.82) is 0 Å². The summed E-state index contributed by atoms with van der Waals surface area (Å²) >= 11 is 0. The normalized spacial score (nSPS) is 19.2. The van der Waals surface area contributed by atoms with Crippen LogP contribution in [0.1, 0.15) is 25.3 Å². The van der Waals surface area contributed by atoms with E-state index in [9.17, 15) is 18.0 Å². The van der Waals surface area contributed by atoms with Crippen molar-refractivity contribution in [1.82, 2.24) is 0 Å². The van der Waals surface area contributed by atoms with E-state index in [1.165, 1.54) is 6.07 Å². The molecule has 0 fully saturated rings. The van der Waals surface area contributed by atoms with Gasteiger partial charge in [-0.1, -0.05) is 13.3 Å². The fourth-order valence-electron chi connectivity index (χ4n) is 2.12. The van der Waals surface area contributed by atoms with Crippen LogP contribution in [-0.2, 0) is 11.0 Å². The summed E-state index contributed by atoms with van der Waals surface area (Å²) in [5.41, 5.74) is -0.0410. The lowest BCUT2D eigenvalue weighted by atomic mass is 10.0. The van der Waals surface area contributed by atoms with Crippen molar-refractivity contribution in [3.63, 3.8) is 0 Å². The smallest absolute Gasteiger partial charge is 0.383 e. The van der Waals surface area contributed by atoms with E-state index in [-0.39, 0.29) is 17.5 Å². The highest BCUT2D eigenvalue weighted by Crippen LogP contribution is 2.35. The quantitative estimate of drug-likeness (QED) is 0.865. The van der Waals surface area contributed by atoms with Crippen LogP contribution in [0.15, 0.2) is 18.2 Å². The lowest BCUT2D eigenvalue weighted by Crippen LogP contribution is -2.25. The van der Waals surface area contributed by atoms with Gasteiger partial charge in [-0.05, 0) is 24.6 Å². The first-order valence-electron chi connectivity index (χ1n) is 6.17. The number of hydrogen-bond donors (Lipinski definition) is 2. The predicted octanol–water partition coefficient (Wildman–Crippen LogP) is 3.49. The average molecular weight is 272 g/mol. The van der Waals surface area contributed by atoms with E-state index in [4.69, 9.17) is 0 Å². The summed E-state index contributed by atoms with van der Waals surface area (Å²) in [5, 5.41) is 5.59. The molecule has 1 aromatic rings. The second-order valence-electron chi connectivity index (χ2n) is 4.61. The molecule has 19 heavy (non-hydrogen) atoms. The summed E-state index contributed by atoms with van der Waals surface area (Å²) in [6, 6.07) is 3.33. The van der Waals surface area contributed by atoms with Crippen LogP contribution in [0.3, 0.4) is 0 Å².